The first-order chi connectivity index (χ1) is 9.88. The number of rotatable bonds is 6. The Hall–Kier alpha value is -0.750. The predicted molar refractivity (Wildman–Crippen MR) is 84.8 cm³/mol. The number of nitrogens with zero attached hydrogens (tertiary/aromatic N) is 1. The average Bonchev–Trinajstić information content (AvgIpc) is 3.12. The Balaban J connectivity index is 1.82. The minimum Gasteiger partial charge on any atom is -0.383 e. The standard InChI is InChI=1S/C15H20N2OS2/c1-18-8-7-16-14(11-6-9-19-10-11)15-17-12-4-2-3-5-13(12)20-15/h6,9-10,14,16H,2-5,7-8H2,1H3. The third-order valence-electron chi connectivity index (χ3n) is 3.64. The van der Waals surface area contributed by atoms with E-state index in [9.17, 15) is 0 Å². The molecule has 0 bridgehead atoms. The van der Waals surface area contributed by atoms with Crippen LogP contribution >= 0.6 is 22.7 Å². The highest BCUT2D eigenvalue weighted by Gasteiger charge is 2.22. The van der Waals surface area contributed by atoms with Crippen molar-refractivity contribution < 1.29 is 4.74 Å². The van der Waals surface area contributed by atoms with Crippen molar-refractivity contribution in [1.29, 1.82) is 0 Å². The van der Waals surface area contributed by atoms with Crippen molar-refractivity contribution in [3.05, 3.63) is 38.0 Å². The number of aryl methyl sites for hydroxylation is 2. The van der Waals surface area contributed by atoms with E-state index in [0.717, 1.165) is 19.6 Å². The van der Waals surface area contributed by atoms with Gasteiger partial charge >= 0.3 is 0 Å². The maximum absolute atomic E-state index is 5.15. The van der Waals surface area contributed by atoms with E-state index in [4.69, 9.17) is 9.72 Å². The van der Waals surface area contributed by atoms with Crippen LogP contribution in [0.4, 0.5) is 0 Å². The van der Waals surface area contributed by atoms with Gasteiger partial charge in [0.25, 0.3) is 0 Å². The molecule has 1 aliphatic rings. The second kappa shape index (κ2) is 6.80. The van der Waals surface area contributed by atoms with Gasteiger partial charge in [0.1, 0.15) is 5.01 Å². The molecule has 3 nitrogen and oxygen atoms in total. The Bertz CT molecular complexity index is 513. The van der Waals surface area contributed by atoms with Crippen LogP contribution in [0.1, 0.15) is 40.0 Å². The predicted octanol–water partition coefficient (Wildman–Crippen LogP) is 3.41. The summed E-state index contributed by atoms with van der Waals surface area (Å²) in [6, 6.07) is 2.40. The van der Waals surface area contributed by atoms with E-state index in [1.54, 1.807) is 18.4 Å². The van der Waals surface area contributed by atoms with Crippen molar-refractivity contribution in [3.63, 3.8) is 0 Å². The van der Waals surface area contributed by atoms with Gasteiger partial charge < -0.3 is 10.1 Å². The van der Waals surface area contributed by atoms with Crippen molar-refractivity contribution in [3.8, 4) is 0 Å². The summed E-state index contributed by atoms with van der Waals surface area (Å²) in [6.45, 7) is 1.58. The number of aromatic nitrogens is 1. The number of hydrogen-bond donors (Lipinski definition) is 1. The zero-order valence-electron chi connectivity index (χ0n) is 11.7. The summed E-state index contributed by atoms with van der Waals surface area (Å²) in [6.07, 6.45) is 4.97. The average molecular weight is 308 g/mol. The SMILES string of the molecule is COCCNC(c1ccsc1)c1nc2c(s1)CCCC2. The summed E-state index contributed by atoms with van der Waals surface area (Å²) in [5, 5.41) is 9.14. The second-order valence-corrected chi connectivity index (χ2v) is 6.96. The number of thiophene rings is 1. The number of ether oxygens (including phenoxy) is 1. The largest absolute Gasteiger partial charge is 0.383 e. The number of hydrogen-bond acceptors (Lipinski definition) is 5. The molecule has 0 aromatic carbocycles. The molecule has 1 N–H and O–H groups in total. The normalized spacial score (nSPS) is 16.1. The summed E-state index contributed by atoms with van der Waals surface area (Å²) in [4.78, 5) is 6.41. The van der Waals surface area contributed by atoms with Gasteiger partial charge in [-0.1, -0.05) is 0 Å². The Morgan fingerprint density at radius 1 is 1.40 bits per heavy atom. The molecule has 0 saturated carbocycles. The minimum atomic E-state index is 0.215. The molecule has 0 aliphatic heterocycles. The lowest BCUT2D eigenvalue weighted by Gasteiger charge is -2.15. The summed E-state index contributed by atoms with van der Waals surface area (Å²) in [7, 11) is 1.74. The van der Waals surface area contributed by atoms with Crippen LogP contribution in [0.3, 0.4) is 0 Å². The van der Waals surface area contributed by atoms with E-state index < -0.39 is 0 Å². The van der Waals surface area contributed by atoms with E-state index in [-0.39, 0.29) is 6.04 Å². The molecule has 108 valence electrons. The van der Waals surface area contributed by atoms with Crippen molar-refractivity contribution >= 4 is 22.7 Å². The smallest absolute Gasteiger partial charge is 0.115 e. The van der Waals surface area contributed by atoms with Gasteiger partial charge in [-0.05, 0) is 48.1 Å². The number of thiazole rings is 1. The van der Waals surface area contributed by atoms with Crippen LogP contribution in [0.5, 0.6) is 0 Å². The molecule has 0 amide bonds. The molecule has 0 saturated heterocycles. The highest BCUT2D eigenvalue weighted by Crippen LogP contribution is 2.33. The quantitative estimate of drug-likeness (QED) is 0.830. The van der Waals surface area contributed by atoms with Gasteiger partial charge in [-0.3, -0.25) is 0 Å². The van der Waals surface area contributed by atoms with Gasteiger partial charge in [-0.25, -0.2) is 4.98 Å². The van der Waals surface area contributed by atoms with Crippen LogP contribution in [-0.4, -0.2) is 25.2 Å². The van der Waals surface area contributed by atoms with Crippen LogP contribution in [0.15, 0.2) is 16.8 Å². The molecule has 1 aliphatic carbocycles. The molecule has 5 heteroatoms. The molecule has 0 radical (unpaired) electrons. The summed E-state index contributed by atoms with van der Waals surface area (Å²) >= 11 is 3.63. The van der Waals surface area contributed by atoms with Gasteiger partial charge in [-0.2, -0.15) is 11.3 Å². The summed E-state index contributed by atoms with van der Waals surface area (Å²) in [5.74, 6) is 0. The molecular weight excluding hydrogens is 288 g/mol. The van der Waals surface area contributed by atoms with Gasteiger partial charge in [-0.15, -0.1) is 11.3 Å². The second-order valence-electron chi connectivity index (χ2n) is 5.07. The lowest BCUT2D eigenvalue weighted by atomic mass is 10.0. The third-order valence-corrected chi connectivity index (χ3v) is 5.56. The first-order valence-corrected chi connectivity index (χ1v) is 8.87. The van der Waals surface area contributed by atoms with Crippen LogP contribution < -0.4 is 5.32 Å². The zero-order chi connectivity index (χ0) is 13.8. The topological polar surface area (TPSA) is 34.1 Å². The van der Waals surface area contributed by atoms with E-state index in [2.05, 4.69) is 22.1 Å². The van der Waals surface area contributed by atoms with Crippen molar-refractivity contribution in [2.24, 2.45) is 0 Å². The Labute approximate surface area is 128 Å². The van der Waals surface area contributed by atoms with Crippen LogP contribution in [0.25, 0.3) is 0 Å². The maximum Gasteiger partial charge on any atom is 0.115 e. The van der Waals surface area contributed by atoms with Gasteiger partial charge in [0, 0.05) is 18.5 Å². The first kappa shape index (κ1) is 14.2. The molecule has 1 atom stereocenters. The summed E-state index contributed by atoms with van der Waals surface area (Å²) < 4.78 is 5.15. The molecule has 3 rings (SSSR count). The molecule has 0 fully saturated rings. The van der Waals surface area contributed by atoms with E-state index >= 15 is 0 Å². The highest BCUT2D eigenvalue weighted by molar-refractivity contribution is 7.12. The maximum atomic E-state index is 5.15. The fraction of sp³-hybridized carbons (Fsp3) is 0.533. The molecular formula is C15H20N2OS2. The van der Waals surface area contributed by atoms with Gasteiger partial charge in [0.15, 0.2) is 0 Å². The zero-order valence-corrected chi connectivity index (χ0v) is 13.4. The Morgan fingerprint density at radius 3 is 3.05 bits per heavy atom. The van der Waals surface area contributed by atoms with Crippen molar-refractivity contribution in [1.82, 2.24) is 10.3 Å². The Morgan fingerprint density at radius 2 is 2.30 bits per heavy atom. The fourth-order valence-corrected chi connectivity index (χ4v) is 4.53. The molecule has 2 aromatic rings. The lowest BCUT2D eigenvalue weighted by molar-refractivity contribution is 0.197. The van der Waals surface area contributed by atoms with E-state index in [0.29, 0.717) is 0 Å². The van der Waals surface area contributed by atoms with Gasteiger partial charge in [0.2, 0.25) is 0 Å². The van der Waals surface area contributed by atoms with Crippen LogP contribution in [0, 0.1) is 0 Å². The van der Waals surface area contributed by atoms with Crippen LogP contribution in [0.2, 0.25) is 0 Å². The molecule has 2 heterocycles. The molecule has 2 aromatic heterocycles. The lowest BCUT2D eigenvalue weighted by Crippen LogP contribution is -2.25. The van der Waals surface area contributed by atoms with Crippen LogP contribution in [-0.2, 0) is 17.6 Å². The summed E-state index contributed by atoms with van der Waals surface area (Å²) in [5.41, 5.74) is 2.65. The van der Waals surface area contributed by atoms with Crippen molar-refractivity contribution in [2.45, 2.75) is 31.7 Å². The fourth-order valence-electron chi connectivity index (χ4n) is 2.59. The van der Waals surface area contributed by atoms with E-state index in [1.807, 2.05) is 11.3 Å². The third kappa shape index (κ3) is 3.11. The van der Waals surface area contributed by atoms with Gasteiger partial charge in [0.05, 0.1) is 18.3 Å². The first-order valence-electron chi connectivity index (χ1n) is 7.11. The monoisotopic (exact) mass is 308 g/mol. The van der Waals surface area contributed by atoms with Crippen molar-refractivity contribution in [2.75, 3.05) is 20.3 Å². The molecule has 0 spiro atoms. The number of nitrogens with one attached hydrogen (secondary N) is 1. The Kier molecular flexibility index (Phi) is 4.83. The van der Waals surface area contributed by atoms with E-state index in [1.165, 1.54) is 40.4 Å². The molecule has 1 unspecified atom stereocenters. The number of fused-ring (bicyclic) bond motifs is 1. The highest BCUT2D eigenvalue weighted by atomic mass is 32.1. The molecule has 20 heavy (non-hydrogen) atoms. The minimum absolute atomic E-state index is 0.215. The number of methoxy groups -OCH3 is 1.